The zero-order valence-electron chi connectivity index (χ0n) is 15.5. The van der Waals surface area contributed by atoms with Crippen molar-refractivity contribution in [2.24, 2.45) is 4.99 Å². The molecule has 3 nitrogen and oxygen atoms in total. The molecule has 6 heteroatoms. The molecule has 0 aromatic rings. The molecule has 0 aliphatic rings. The number of ether oxygens (including phenoxy) is 1. The molecule has 0 amide bonds. The summed E-state index contributed by atoms with van der Waals surface area (Å²) in [5.41, 5.74) is 0. The first-order valence-electron chi connectivity index (χ1n) is 9.45. The average molecular weight is 557 g/mol. The molecule has 23 heavy (non-hydrogen) atoms. The van der Waals surface area contributed by atoms with Crippen LogP contribution in [-0.4, -0.2) is 66.4 Å². The van der Waals surface area contributed by atoms with E-state index in [1.165, 1.54) is 57.8 Å². The average Bonchev–Trinajstić information content (AvgIpc) is 2.54. The fraction of sp³-hybridized carbons (Fsp3) is 0.941. The fourth-order valence-corrected chi connectivity index (χ4v) is 13.7. The van der Waals surface area contributed by atoms with E-state index < -0.39 is 21.6 Å². The monoisotopic (exact) mass is 559 g/mol. The van der Waals surface area contributed by atoms with Gasteiger partial charge in [-0.3, -0.25) is 0 Å². The van der Waals surface area contributed by atoms with Gasteiger partial charge in [-0.05, 0) is 0 Å². The van der Waals surface area contributed by atoms with Gasteiger partial charge in [0, 0.05) is 0 Å². The second kappa shape index (κ2) is 19.6. The van der Waals surface area contributed by atoms with Crippen molar-refractivity contribution in [3.63, 3.8) is 0 Å². The first kappa shape index (κ1) is 24.3. The number of nitrogens with zero attached hydrogens (tertiary/aromatic N) is 1. The van der Waals surface area contributed by atoms with Crippen LogP contribution in [0.3, 0.4) is 0 Å². The van der Waals surface area contributed by atoms with Crippen LogP contribution in [0.15, 0.2) is 4.99 Å². The molecule has 0 heterocycles. The Labute approximate surface area is 173 Å². The normalized spacial score (nSPS) is 14.2. The van der Waals surface area contributed by atoms with Crippen LogP contribution < -0.4 is 0 Å². The quantitative estimate of drug-likeness (QED) is 0.119. The van der Waals surface area contributed by atoms with Gasteiger partial charge >= 0.3 is 161 Å². The molecule has 136 valence electrons. The van der Waals surface area contributed by atoms with Crippen molar-refractivity contribution in [1.29, 1.82) is 0 Å². The van der Waals surface area contributed by atoms with Crippen LogP contribution in [0.4, 0.5) is 0 Å². The van der Waals surface area contributed by atoms with Crippen LogP contribution >= 0.6 is 12.2 Å². The van der Waals surface area contributed by atoms with E-state index in [1.54, 1.807) is 0 Å². The molecule has 0 aromatic carbocycles. The van der Waals surface area contributed by atoms with Crippen molar-refractivity contribution in [2.75, 3.05) is 6.61 Å². The Morgan fingerprint density at radius 1 is 1.04 bits per heavy atom. The summed E-state index contributed by atoms with van der Waals surface area (Å²) in [5.74, 6) is 0. The van der Waals surface area contributed by atoms with Gasteiger partial charge in [0.15, 0.2) is 0 Å². The Kier molecular flexibility index (Phi) is 20.8. The molecule has 2 atom stereocenters. The van der Waals surface area contributed by atoms with Crippen LogP contribution in [0.5, 0.6) is 0 Å². The van der Waals surface area contributed by atoms with Crippen molar-refractivity contribution in [3.8, 4) is 0 Å². The Balaban J connectivity index is 3.80. The van der Waals surface area contributed by atoms with Gasteiger partial charge in [0.1, 0.15) is 0 Å². The molecular weight excluding hydrogens is 520 g/mol. The Morgan fingerprint density at radius 3 is 2.17 bits per heavy atom. The first-order valence-corrected chi connectivity index (χ1v) is 16.2. The molecule has 0 bridgehead atoms. The molecule has 0 aromatic heterocycles. The molecule has 0 radical (unpaired) electrons. The fourth-order valence-electron chi connectivity index (χ4n) is 2.91. The molecule has 0 rings (SSSR count). The summed E-state index contributed by atoms with van der Waals surface area (Å²) in [5, 5.41) is 2.59. The standard InChI is InChI=1S/C17H32NOS.O.2Sn.5H/c1-3-5-6-7-8-9-10-11-12-13-17(18-16-20)14-15-19-4-2;;;;;;;;/h15,17H,3-14H2,1-2H3;;;;;;;;. The van der Waals surface area contributed by atoms with Crippen LogP contribution in [0, 0.1) is 0 Å². The number of aliphatic imine (C=N–C) groups is 1. The van der Waals surface area contributed by atoms with E-state index >= 15 is 0 Å². The van der Waals surface area contributed by atoms with Crippen molar-refractivity contribution < 1.29 is 6.15 Å². The molecule has 0 saturated heterocycles. The van der Waals surface area contributed by atoms with Crippen LogP contribution in [-0.2, 0) is 6.15 Å². The number of unbranched alkanes of at least 4 members (excludes halogenated alkanes) is 8. The summed E-state index contributed by atoms with van der Waals surface area (Å²) in [6.07, 6.45) is 14.4. The zero-order chi connectivity index (χ0) is 17.2. The minimum atomic E-state index is -1.17. The van der Waals surface area contributed by atoms with Gasteiger partial charge in [0.25, 0.3) is 0 Å². The van der Waals surface area contributed by atoms with E-state index in [4.69, 9.17) is 18.4 Å². The van der Waals surface area contributed by atoms with E-state index in [-0.39, 0.29) is 0 Å². The first-order chi connectivity index (χ1) is 11.3. The van der Waals surface area contributed by atoms with Gasteiger partial charge in [-0.15, -0.1) is 0 Å². The molecule has 0 N–H and O–H groups in total. The maximum atomic E-state index is 5.83. The number of hydrogen-bond donors (Lipinski definition) is 0. The molecule has 2 unspecified atom stereocenters. The van der Waals surface area contributed by atoms with Crippen molar-refractivity contribution in [1.82, 2.24) is 0 Å². The zero-order valence-corrected chi connectivity index (χ0v) is 26.1. The van der Waals surface area contributed by atoms with Crippen molar-refractivity contribution in [2.45, 2.75) is 94.6 Å². The van der Waals surface area contributed by atoms with Gasteiger partial charge in [0.2, 0.25) is 0 Å². The molecule has 0 aliphatic carbocycles. The number of rotatable bonds is 17. The number of hydrogen-bond acceptors (Lipinski definition) is 4. The van der Waals surface area contributed by atoms with Crippen LogP contribution in [0.1, 0.15) is 84.5 Å². The number of thiocarbonyl (C=S) groups is 1. The van der Waals surface area contributed by atoms with E-state index in [0.29, 0.717) is 33.1 Å². The summed E-state index contributed by atoms with van der Waals surface area (Å²) in [7, 11) is 0. The van der Waals surface area contributed by atoms with Gasteiger partial charge in [-0.25, -0.2) is 0 Å². The SMILES string of the molecule is CCCCCCCCCCCC(C[CH](OCC)[SnH2][O][SnH3])N=C=S. The van der Waals surface area contributed by atoms with Gasteiger partial charge in [-0.2, -0.15) is 0 Å². The van der Waals surface area contributed by atoms with Crippen LogP contribution in [0.25, 0.3) is 0 Å². The van der Waals surface area contributed by atoms with Crippen molar-refractivity contribution >= 4 is 61.9 Å². The number of isothiocyanates is 1. The Hall–Kier alpha value is 1.32. The summed E-state index contributed by atoms with van der Waals surface area (Å²) in [4.78, 5) is 4.38. The Morgan fingerprint density at radius 2 is 1.65 bits per heavy atom. The van der Waals surface area contributed by atoms with E-state index in [1.807, 2.05) is 0 Å². The van der Waals surface area contributed by atoms with Crippen LogP contribution in [0.2, 0.25) is 0 Å². The third-order valence-electron chi connectivity index (χ3n) is 4.17. The minimum absolute atomic E-state index is 0.302. The third kappa shape index (κ3) is 16.5. The predicted molar refractivity (Wildman–Crippen MR) is 110 cm³/mol. The van der Waals surface area contributed by atoms with Crippen molar-refractivity contribution in [3.05, 3.63) is 0 Å². The second-order valence-electron chi connectivity index (χ2n) is 6.26. The Bertz CT molecular complexity index is 296. The van der Waals surface area contributed by atoms with E-state index in [9.17, 15) is 0 Å². The third-order valence-corrected chi connectivity index (χ3v) is 14.3. The van der Waals surface area contributed by atoms with E-state index in [2.05, 4.69) is 24.0 Å². The molecule has 0 spiro atoms. The van der Waals surface area contributed by atoms with Gasteiger partial charge < -0.3 is 0 Å². The molecule has 0 fully saturated rings. The van der Waals surface area contributed by atoms with Gasteiger partial charge in [-0.1, -0.05) is 13.3 Å². The summed E-state index contributed by atoms with van der Waals surface area (Å²) >= 11 is 4.01. The molecular formula is C17H37NO2SSn2. The topological polar surface area (TPSA) is 30.8 Å². The summed E-state index contributed by atoms with van der Waals surface area (Å²) < 4.78 is 11.8. The van der Waals surface area contributed by atoms with E-state index in [0.717, 1.165) is 19.4 Å². The molecule has 0 saturated carbocycles. The summed E-state index contributed by atoms with van der Waals surface area (Å²) in [6.45, 7) is 5.12. The predicted octanol–water partition coefficient (Wildman–Crippen LogP) is 3.51. The molecule has 0 aliphatic heterocycles. The summed E-state index contributed by atoms with van der Waals surface area (Å²) in [6, 6.07) is 0.302. The second-order valence-corrected chi connectivity index (χ2v) is 22.7. The maximum absolute atomic E-state index is 5.83. The van der Waals surface area contributed by atoms with Gasteiger partial charge in [0.05, 0.1) is 0 Å².